The summed E-state index contributed by atoms with van der Waals surface area (Å²) in [4.78, 5) is 15.0. The lowest BCUT2D eigenvalue weighted by molar-refractivity contribution is -0.118. The standard InChI is InChI=1S/C22H31N3O3S/c1-15(2)13-20(24-29(27,28)19-10-7-16(3)8-11-19)22(26)23-18-9-12-21(25(5)6)17(4)14-18/h7-12,14-15,20,24H,13H2,1-6H3,(H,23,26)/t20-/m0/s1. The van der Waals surface area contributed by atoms with E-state index in [1.165, 1.54) is 0 Å². The molecule has 2 rings (SSSR count). The van der Waals surface area contributed by atoms with Gasteiger partial charge in [-0.25, -0.2) is 8.42 Å². The Bertz CT molecular complexity index is 952. The van der Waals surface area contributed by atoms with E-state index in [1.54, 1.807) is 24.3 Å². The van der Waals surface area contributed by atoms with Gasteiger partial charge in [0.1, 0.15) is 6.04 Å². The number of nitrogens with one attached hydrogen (secondary N) is 2. The van der Waals surface area contributed by atoms with Crippen LogP contribution in [0.15, 0.2) is 47.4 Å². The molecule has 2 aromatic carbocycles. The van der Waals surface area contributed by atoms with Crippen LogP contribution < -0.4 is 14.9 Å². The fourth-order valence-corrected chi connectivity index (χ4v) is 4.33. The van der Waals surface area contributed by atoms with Gasteiger partial charge in [0, 0.05) is 25.5 Å². The summed E-state index contributed by atoms with van der Waals surface area (Å²) in [6.07, 6.45) is 0.395. The topological polar surface area (TPSA) is 78.5 Å². The first-order valence-corrected chi connectivity index (χ1v) is 11.2. The molecule has 0 aliphatic rings. The molecule has 0 saturated heterocycles. The molecule has 2 aromatic rings. The van der Waals surface area contributed by atoms with Crippen LogP contribution in [0.3, 0.4) is 0 Å². The smallest absolute Gasteiger partial charge is 0.242 e. The minimum atomic E-state index is -3.80. The van der Waals surface area contributed by atoms with E-state index >= 15 is 0 Å². The number of hydrogen-bond acceptors (Lipinski definition) is 4. The van der Waals surface area contributed by atoms with Gasteiger partial charge in [0.15, 0.2) is 0 Å². The molecular formula is C22H31N3O3S. The van der Waals surface area contributed by atoms with E-state index in [1.807, 2.05) is 64.9 Å². The molecule has 0 aliphatic carbocycles. The van der Waals surface area contributed by atoms with Crippen molar-refractivity contribution in [3.8, 4) is 0 Å². The number of nitrogens with zero attached hydrogens (tertiary/aromatic N) is 1. The molecular weight excluding hydrogens is 386 g/mol. The summed E-state index contributed by atoms with van der Waals surface area (Å²) < 4.78 is 28.1. The van der Waals surface area contributed by atoms with Gasteiger partial charge in [-0.15, -0.1) is 0 Å². The Morgan fingerprint density at radius 2 is 1.66 bits per heavy atom. The number of sulfonamides is 1. The van der Waals surface area contributed by atoms with E-state index < -0.39 is 16.1 Å². The highest BCUT2D eigenvalue weighted by Crippen LogP contribution is 2.22. The Labute approximate surface area is 174 Å². The zero-order valence-corrected chi connectivity index (χ0v) is 18.8. The van der Waals surface area contributed by atoms with Gasteiger partial charge in [0.05, 0.1) is 4.90 Å². The van der Waals surface area contributed by atoms with Crippen LogP contribution in [-0.4, -0.2) is 34.5 Å². The molecule has 29 heavy (non-hydrogen) atoms. The zero-order valence-electron chi connectivity index (χ0n) is 18.0. The summed E-state index contributed by atoms with van der Waals surface area (Å²) in [7, 11) is 0.112. The summed E-state index contributed by atoms with van der Waals surface area (Å²) >= 11 is 0. The number of benzene rings is 2. The van der Waals surface area contributed by atoms with Gasteiger partial charge in [-0.1, -0.05) is 31.5 Å². The van der Waals surface area contributed by atoms with Crippen molar-refractivity contribution in [3.05, 3.63) is 53.6 Å². The molecule has 0 heterocycles. The molecule has 6 nitrogen and oxygen atoms in total. The van der Waals surface area contributed by atoms with Gasteiger partial charge in [0.2, 0.25) is 15.9 Å². The Kier molecular flexibility index (Phi) is 7.43. The first kappa shape index (κ1) is 22.9. The summed E-state index contributed by atoms with van der Waals surface area (Å²) in [6.45, 7) is 7.77. The van der Waals surface area contributed by atoms with Gasteiger partial charge in [-0.2, -0.15) is 4.72 Å². The third-order valence-electron chi connectivity index (χ3n) is 4.60. The predicted octanol–water partition coefficient (Wildman–Crippen LogP) is 3.70. The predicted molar refractivity (Wildman–Crippen MR) is 119 cm³/mol. The zero-order chi connectivity index (χ0) is 21.8. The Morgan fingerprint density at radius 3 is 2.17 bits per heavy atom. The molecule has 0 fully saturated rings. The molecule has 7 heteroatoms. The maximum atomic E-state index is 12.9. The number of amides is 1. The van der Waals surface area contributed by atoms with Gasteiger partial charge in [0.25, 0.3) is 0 Å². The average molecular weight is 418 g/mol. The van der Waals surface area contributed by atoms with Crippen LogP contribution in [0, 0.1) is 19.8 Å². The van der Waals surface area contributed by atoms with Crippen molar-refractivity contribution in [2.45, 2.75) is 45.1 Å². The number of carbonyl (C=O) groups excluding carboxylic acids is 1. The van der Waals surface area contributed by atoms with Crippen LogP contribution >= 0.6 is 0 Å². The maximum absolute atomic E-state index is 12.9. The molecule has 1 atom stereocenters. The number of hydrogen-bond donors (Lipinski definition) is 2. The van der Waals surface area contributed by atoms with Crippen molar-refractivity contribution < 1.29 is 13.2 Å². The molecule has 158 valence electrons. The SMILES string of the molecule is Cc1ccc(S(=O)(=O)N[C@@H](CC(C)C)C(=O)Nc2ccc(N(C)C)c(C)c2)cc1. The van der Waals surface area contributed by atoms with Crippen molar-refractivity contribution in [3.63, 3.8) is 0 Å². The molecule has 0 radical (unpaired) electrons. The fourth-order valence-electron chi connectivity index (χ4n) is 3.12. The third kappa shape index (κ3) is 6.30. The van der Waals surface area contributed by atoms with Crippen LogP contribution in [0.4, 0.5) is 11.4 Å². The van der Waals surface area contributed by atoms with E-state index in [4.69, 9.17) is 0 Å². The molecule has 0 saturated carbocycles. The Morgan fingerprint density at radius 1 is 1.03 bits per heavy atom. The highest BCUT2D eigenvalue weighted by Gasteiger charge is 2.26. The van der Waals surface area contributed by atoms with Crippen molar-refractivity contribution in [1.29, 1.82) is 0 Å². The van der Waals surface area contributed by atoms with Crippen LogP contribution in [0.2, 0.25) is 0 Å². The third-order valence-corrected chi connectivity index (χ3v) is 6.09. The first-order chi connectivity index (χ1) is 13.5. The second kappa shape index (κ2) is 9.41. The van der Waals surface area contributed by atoms with Gasteiger partial charge in [-0.3, -0.25) is 4.79 Å². The highest BCUT2D eigenvalue weighted by molar-refractivity contribution is 7.89. The summed E-state index contributed by atoms with van der Waals surface area (Å²) in [5.41, 5.74) is 3.69. The number of rotatable bonds is 8. The fraction of sp³-hybridized carbons (Fsp3) is 0.409. The molecule has 0 bridgehead atoms. The molecule has 0 spiro atoms. The van der Waals surface area contributed by atoms with Crippen LogP contribution in [0.1, 0.15) is 31.4 Å². The lowest BCUT2D eigenvalue weighted by Crippen LogP contribution is -2.44. The monoisotopic (exact) mass is 417 g/mol. The number of carbonyl (C=O) groups is 1. The van der Waals surface area contributed by atoms with Gasteiger partial charge in [-0.05, 0) is 62.1 Å². The van der Waals surface area contributed by atoms with E-state index in [9.17, 15) is 13.2 Å². The van der Waals surface area contributed by atoms with Gasteiger partial charge < -0.3 is 10.2 Å². The first-order valence-electron chi connectivity index (χ1n) is 9.67. The molecule has 0 unspecified atom stereocenters. The average Bonchev–Trinajstić information content (AvgIpc) is 2.60. The lowest BCUT2D eigenvalue weighted by atomic mass is 10.0. The lowest BCUT2D eigenvalue weighted by Gasteiger charge is -2.21. The Balaban J connectivity index is 2.22. The van der Waals surface area contributed by atoms with Crippen molar-refractivity contribution in [1.82, 2.24) is 4.72 Å². The second-order valence-electron chi connectivity index (χ2n) is 8.00. The van der Waals surface area contributed by atoms with Crippen LogP contribution in [0.5, 0.6) is 0 Å². The van der Waals surface area contributed by atoms with E-state index in [0.29, 0.717) is 12.1 Å². The van der Waals surface area contributed by atoms with Crippen molar-refractivity contribution in [2.24, 2.45) is 5.92 Å². The van der Waals surface area contributed by atoms with Crippen molar-refractivity contribution >= 4 is 27.3 Å². The minimum absolute atomic E-state index is 0.143. The summed E-state index contributed by atoms with van der Waals surface area (Å²) in [5, 5.41) is 2.85. The van der Waals surface area contributed by atoms with Crippen LogP contribution in [0.25, 0.3) is 0 Å². The van der Waals surface area contributed by atoms with E-state index in [0.717, 1.165) is 16.8 Å². The number of anilines is 2. The molecule has 2 N–H and O–H groups in total. The summed E-state index contributed by atoms with van der Waals surface area (Å²) in [5.74, 6) is -0.226. The Hall–Kier alpha value is -2.38. The maximum Gasteiger partial charge on any atom is 0.242 e. The normalized spacial score (nSPS) is 12.7. The quantitative estimate of drug-likeness (QED) is 0.686. The summed E-state index contributed by atoms with van der Waals surface area (Å²) in [6, 6.07) is 11.3. The van der Waals surface area contributed by atoms with Crippen LogP contribution in [-0.2, 0) is 14.8 Å². The minimum Gasteiger partial charge on any atom is -0.377 e. The van der Waals surface area contributed by atoms with Gasteiger partial charge >= 0.3 is 0 Å². The molecule has 0 aromatic heterocycles. The van der Waals surface area contributed by atoms with Crippen molar-refractivity contribution in [2.75, 3.05) is 24.3 Å². The largest absolute Gasteiger partial charge is 0.377 e. The van der Waals surface area contributed by atoms with E-state index in [2.05, 4.69) is 10.0 Å². The van der Waals surface area contributed by atoms with E-state index in [-0.39, 0.29) is 16.7 Å². The molecule has 0 aliphatic heterocycles. The highest BCUT2D eigenvalue weighted by atomic mass is 32.2. The molecule has 1 amide bonds. The number of aryl methyl sites for hydroxylation is 2. The second-order valence-corrected chi connectivity index (χ2v) is 9.72.